The second kappa shape index (κ2) is 9.02. The Labute approximate surface area is 150 Å². The highest BCUT2D eigenvalue weighted by molar-refractivity contribution is 6.00. The van der Waals surface area contributed by atoms with E-state index in [0.717, 1.165) is 0 Å². The maximum Gasteiger partial charge on any atom is 0.289 e. The van der Waals surface area contributed by atoms with Crippen molar-refractivity contribution in [3.63, 3.8) is 0 Å². The zero-order valence-corrected chi connectivity index (χ0v) is 14.6. The molecule has 0 aliphatic carbocycles. The summed E-state index contributed by atoms with van der Waals surface area (Å²) < 4.78 is 10.3. The number of hydrogen-bond acceptors (Lipinski definition) is 7. The largest absolute Gasteiger partial charge is 0.497 e. The van der Waals surface area contributed by atoms with Crippen molar-refractivity contribution >= 4 is 17.5 Å². The Balaban J connectivity index is 1.94. The van der Waals surface area contributed by atoms with Crippen molar-refractivity contribution in [3.05, 3.63) is 54.3 Å². The third kappa shape index (κ3) is 5.20. The summed E-state index contributed by atoms with van der Waals surface area (Å²) >= 11 is 0. The van der Waals surface area contributed by atoms with Crippen molar-refractivity contribution in [2.45, 2.75) is 6.92 Å². The van der Waals surface area contributed by atoms with Crippen LogP contribution in [0.4, 0.5) is 5.69 Å². The van der Waals surface area contributed by atoms with E-state index in [0.29, 0.717) is 22.9 Å². The number of rotatable bonds is 7. The Kier molecular flexibility index (Phi) is 6.49. The molecule has 0 saturated carbocycles. The van der Waals surface area contributed by atoms with Gasteiger partial charge in [0.25, 0.3) is 5.91 Å². The lowest BCUT2D eigenvalue weighted by Gasteiger charge is -2.11. The number of aromatic nitrogens is 2. The number of ether oxygens (including phenoxy) is 2. The van der Waals surface area contributed by atoms with Gasteiger partial charge in [-0.15, -0.1) is 0 Å². The van der Waals surface area contributed by atoms with Crippen LogP contribution in [0.5, 0.6) is 11.5 Å². The molecule has 136 valence electrons. The zero-order chi connectivity index (χ0) is 18.9. The number of nitrogens with one attached hydrogen (secondary N) is 3. The van der Waals surface area contributed by atoms with Gasteiger partial charge in [-0.25, -0.2) is 4.98 Å². The Morgan fingerprint density at radius 3 is 2.58 bits per heavy atom. The van der Waals surface area contributed by atoms with Crippen LogP contribution in [0.2, 0.25) is 0 Å². The highest BCUT2D eigenvalue weighted by Crippen LogP contribution is 2.28. The molecular weight excluding hydrogens is 338 g/mol. The van der Waals surface area contributed by atoms with E-state index in [1.165, 1.54) is 31.8 Å². The van der Waals surface area contributed by atoms with Crippen molar-refractivity contribution < 1.29 is 19.1 Å². The van der Waals surface area contributed by atoms with Crippen LogP contribution in [-0.4, -0.2) is 36.0 Å². The fourth-order valence-electron chi connectivity index (χ4n) is 1.94. The molecule has 9 nitrogen and oxygen atoms in total. The van der Waals surface area contributed by atoms with Gasteiger partial charge in [-0.1, -0.05) is 0 Å². The van der Waals surface area contributed by atoms with Crippen LogP contribution >= 0.6 is 0 Å². The van der Waals surface area contributed by atoms with Crippen LogP contribution in [0, 0.1) is 0 Å². The molecule has 0 aliphatic rings. The Bertz CT molecular complexity index is 808. The number of carbonyl (C=O) groups excluding carboxylic acids is 2. The maximum absolute atomic E-state index is 12.1. The van der Waals surface area contributed by atoms with Crippen molar-refractivity contribution in [2.24, 2.45) is 0 Å². The number of methoxy groups -OCH3 is 2. The highest BCUT2D eigenvalue weighted by Gasteiger charge is 2.09. The molecule has 2 rings (SSSR count). The lowest BCUT2D eigenvalue weighted by atomic mass is 10.2. The van der Waals surface area contributed by atoms with Crippen LogP contribution in [0.15, 0.2) is 48.6 Å². The standard InChI is InChI=1S/C17H19N5O4/c1-11(21-22-17(24)14-10-18-6-7-19-14)8-16(23)20-13-5-4-12(25-2)9-15(13)26-3/h4-10,21H,1-3H3,(H,20,23)(H,22,24)/b11-8-. The Morgan fingerprint density at radius 1 is 1.12 bits per heavy atom. The Hall–Kier alpha value is -3.62. The molecule has 0 unspecified atom stereocenters. The SMILES string of the molecule is COc1ccc(NC(=O)/C=C(/C)NNC(=O)c2cnccn2)c(OC)c1. The molecule has 2 aromatic rings. The van der Waals surface area contributed by atoms with E-state index < -0.39 is 11.8 Å². The molecule has 0 bridgehead atoms. The van der Waals surface area contributed by atoms with E-state index in [2.05, 4.69) is 26.1 Å². The molecular formula is C17H19N5O4. The van der Waals surface area contributed by atoms with E-state index in [1.54, 1.807) is 32.2 Å². The minimum Gasteiger partial charge on any atom is -0.497 e. The summed E-state index contributed by atoms with van der Waals surface area (Å²) in [6.07, 6.45) is 5.50. The summed E-state index contributed by atoms with van der Waals surface area (Å²) in [5.41, 5.74) is 6.12. The average molecular weight is 357 g/mol. The topological polar surface area (TPSA) is 114 Å². The summed E-state index contributed by atoms with van der Waals surface area (Å²) in [4.78, 5) is 31.6. The van der Waals surface area contributed by atoms with Gasteiger partial charge < -0.3 is 20.2 Å². The van der Waals surface area contributed by atoms with Crippen molar-refractivity contribution in [3.8, 4) is 11.5 Å². The average Bonchev–Trinajstić information content (AvgIpc) is 2.67. The lowest BCUT2D eigenvalue weighted by molar-refractivity contribution is -0.112. The van der Waals surface area contributed by atoms with Gasteiger partial charge in [-0.3, -0.25) is 20.0 Å². The number of allylic oxidation sites excluding steroid dienone is 1. The summed E-state index contributed by atoms with van der Waals surface area (Å²) in [6, 6.07) is 5.03. The van der Waals surface area contributed by atoms with Crippen molar-refractivity contribution in [2.75, 3.05) is 19.5 Å². The third-order valence-corrected chi connectivity index (χ3v) is 3.18. The van der Waals surface area contributed by atoms with Gasteiger partial charge in [-0.05, 0) is 19.1 Å². The van der Waals surface area contributed by atoms with Crippen molar-refractivity contribution in [1.82, 2.24) is 20.8 Å². The molecule has 0 radical (unpaired) electrons. The fraction of sp³-hybridized carbons (Fsp3) is 0.176. The maximum atomic E-state index is 12.1. The lowest BCUT2D eigenvalue weighted by Crippen LogP contribution is -2.37. The van der Waals surface area contributed by atoms with Gasteiger partial charge in [-0.2, -0.15) is 0 Å². The quantitative estimate of drug-likeness (QED) is 0.505. The molecule has 0 atom stereocenters. The first kappa shape index (κ1) is 18.7. The van der Waals surface area contributed by atoms with E-state index in [4.69, 9.17) is 9.47 Å². The second-order valence-corrected chi connectivity index (χ2v) is 5.05. The first-order chi connectivity index (χ1) is 12.5. The van der Waals surface area contributed by atoms with Gasteiger partial charge in [0.15, 0.2) is 0 Å². The predicted octanol–water partition coefficient (Wildman–Crippen LogP) is 1.27. The number of anilines is 1. The van der Waals surface area contributed by atoms with E-state index >= 15 is 0 Å². The molecule has 0 saturated heterocycles. The summed E-state index contributed by atoms with van der Waals surface area (Å²) in [5, 5.41) is 2.69. The van der Waals surface area contributed by atoms with Gasteiger partial charge in [0, 0.05) is 30.2 Å². The predicted molar refractivity (Wildman–Crippen MR) is 94.6 cm³/mol. The number of hydrogen-bond donors (Lipinski definition) is 3. The minimum atomic E-state index is -0.469. The first-order valence-electron chi connectivity index (χ1n) is 7.57. The summed E-state index contributed by atoms with van der Waals surface area (Å²) in [7, 11) is 3.04. The van der Waals surface area contributed by atoms with E-state index in [1.807, 2.05) is 0 Å². The highest BCUT2D eigenvalue weighted by atomic mass is 16.5. The van der Waals surface area contributed by atoms with Crippen LogP contribution in [0.3, 0.4) is 0 Å². The zero-order valence-electron chi connectivity index (χ0n) is 14.6. The fourth-order valence-corrected chi connectivity index (χ4v) is 1.94. The number of carbonyl (C=O) groups is 2. The van der Waals surface area contributed by atoms with Gasteiger partial charge in [0.1, 0.15) is 17.2 Å². The van der Waals surface area contributed by atoms with Gasteiger partial charge in [0.05, 0.1) is 26.1 Å². The summed E-state index contributed by atoms with van der Waals surface area (Å²) in [6.45, 7) is 1.63. The molecule has 1 aromatic carbocycles. The van der Waals surface area contributed by atoms with Crippen LogP contribution in [0.1, 0.15) is 17.4 Å². The minimum absolute atomic E-state index is 0.153. The van der Waals surface area contributed by atoms with Crippen LogP contribution in [-0.2, 0) is 4.79 Å². The van der Waals surface area contributed by atoms with Gasteiger partial charge in [0.2, 0.25) is 5.91 Å². The number of amides is 2. The molecule has 9 heteroatoms. The first-order valence-corrected chi connectivity index (χ1v) is 7.57. The molecule has 1 aromatic heterocycles. The van der Waals surface area contributed by atoms with E-state index in [-0.39, 0.29) is 5.69 Å². The van der Waals surface area contributed by atoms with Crippen LogP contribution < -0.4 is 25.6 Å². The van der Waals surface area contributed by atoms with Crippen LogP contribution in [0.25, 0.3) is 0 Å². The monoisotopic (exact) mass is 357 g/mol. The normalized spacial score (nSPS) is 10.7. The van der Waals surface area contributed by atoms with Crippen molar-refractivity contribution in [1.29, 1.82) is 0 Å². The molecule has 0 fully saturated rings. The molecule has 1 heterocycles. The number of hydrazine groups is 1. The van der Waals surface area contributed by atoms with Gasteiger partial charge >= 0.3 is 0 Å². The number of benzene rings is 1. The Morgan fingerprint density at radius 2 is 1.92 bits per heavy atom. The molecule has 3 N–H and O–H groups in total. The second-order valence-electron chi connectivity index (χ2n) is 5.05. The third-order valence-electron chi connectivity index (χ3n) is 3.18. The molecule has 26 heavy (non-hydrogen) atoms. The molecule has 0 spiro atoms. The molecule has 2 amide bonds. The number of nitrogens with zero attached hydrogens (tertiary/aromatic N) is 2. The molecule has 0 aliphatic heterocycles. The smallest absolute Gasteiger partial charge is 0.289 e. The summed E-state index contributed by atoms with van der Waals surface area (Å²) in [5.74, 6) is 0.211. The van der Waals surface area contributed by atoms with E-state index in [9.17, 15) is 9.59 Å².